The van der Waals surface area contributed by atoms with E-state index in [4.69, 9.17) is 11.5 Å². The fourth-order valence-corrected chi connectivity index (χ4v) is 1.37. The number of carbonyl (C=O) groups is 2. The van der Waals surface area contributed by atoms with Gasteiger partial charge in [0.15, 0.2) is 0 Å². The summed E-state index contributed by atoms with van der Waals surface area (Å²) in [5.74, 6) is -0.538. The topological polar surface area (TPSA) is 98.2 Å². The van der Waals surface area contributed by atoms with E-state index in [0.717, 1.165) is 11.1 Å². The van der Waals surface area contributed by atoms with Crippen molar-refractivity contribution in [3.05, 3.63) is 35.4 Å². The first-order valence-electron chi connectivity index (χ1n) is 5.44. The lowest BCUT2D eigenvalue weighted by Crippen LogP contribution is -2.29. The fourth-order valence-electron chi connectivity index (χ4n) is 1.37. The quantitative estimate of drug-likeness (QED) is 0.630. The molecular weight excluding hydrogens is 218 g/mol. The van der Waals surface area contributed by atoms with Gasteiger partial charge in [-0.25, -0.2) is 0 Å². The molecule has 0 radical (unpaired) electrons. The third kappa shape index (κ3) is 5.12. The molecular formula is C12H17N3O2. The van der Waals surface area contributed by atoms with Crippen LogP contribution in [0.3, 0.4) is 0 Å². The lowest BCUT2D eigenvalue weighted by Gasteiger charge is -2.04. The molecule has 0 bridgehead atoms. The number of amides is 2. The maximum atomic E-state index is 11.5. The van der Waals surface area contributed by atoms with Crippen LogP contribution in [0.5, 0.6) is 0 Å². The van der Waals surface area contributed by atoms with Gasteiger partial charge in [0.25, 0.3) is 0 Å². The molecule has 5 heteroatoms. The van der Waals surface area contributed by atoms with Crippen LogP contribution in [0.4, 0.5) is 0 Å². The Kier molecular flexibility index (Phi) is 5.16. The number of rotatable bonds is 6. The highest BCUT2D eigenvalue weighted by molar-refractivity contribution is 5.79. The molecule has 0 spiro atoms. The van der Waals surface area contributed by atoms with E-state index in [1.165, 1.54) is 0 Å². The second kappa shape index (κ2) is 6.65. The Morgan fingerprint density at radius 3 is 2.24 bits per heavy atom. The molecule has 0 unspecified atom stereocenters. The third-order valence-corrected chi connectivity index (χ3v) is 2.32. The van der Waals surface area contributed by atoms with E-state index in [2.05, 4.69) is 5.32 Å². The van der Waals surface area contributed by atoms with Gasteiger partial charge in [-0.3, -0.25) is 9.59 Å². The molecule has 1 aromatic rings. The number of carbonyl (C=O) groups excluding carboxylic acids is 2. The maximum absolute atomic E-state index is 11.5. The number of hydrogen-bond acceptors (Lipinski definition) is 3. The van der Waals surface area contributed by atoms with Crippen LogP contribution in [-0.4, -0.2) is 18.4 Å². The zero-order chi connectivity index (χ0) is 12.7. The minimum absolute atomic E-state index is 0.119. The van der Waals surface area contributed by atoms with Crippen molar-refractivity contribution < 1.29 is 9.59 Å². The fraction of sp³-hybridized carbons (Fsp3) is 0.333. The Morgan fingerprint density at radius 2 is 1.71 bits per heavy atom. The van der Waals surface area contributed by atoms with Crippen molar-refractivity contribution in [2.24, 2.45) is 11.5 Å². The average Bonchev–Trinajstić information content (AvgIpc) is 2.29. The Labute approximate surface area is 100 Å². The number of hydrogen-bond donors (Lipinski definition) is 3. The van der Waals surface area contributed by atoms with Crippen molar-refractivity contribution in [3.8, 4) is 0 Å². The van der Waals surface area contributed by atoms with Crippen molar-refractivity contribution in [1.82, 2.24) is 5.32 Å². The summed E-state index contributed by atoms with van der Waals surface area (Å²) in [7, 11) is 0. The molecule has 0 saturated carbocycles. The van der Waals surface area contributed by atoms with Crippen LogP contribution in [0.1, 0.15) is 17.5 Å². The van der Waals surface area contributed by atoms with Gasteiger partial charge in [0.1, 0.15) is 0 Å². The van der Waals surface area contributed by atoms with Crippen molar-refractivity contribution in [3.63, 3.8) is 0 Å². The van der Waals surface area contributed by atoms with Crippen molar-refractivity contribution >= 4 is 11.8 Å². The van der Waals surface area contributed by atoms with E-state index >= 15 is 0 Å². The molecule has 0 aliphatic carbocycles. The van der Waals surface area contributed by atoms with E-state index in [-0.39, 0.29) is 18.9 Å². The molecule has 0 saturated heterocycles. The summed E-state index contributed by atoms with van der Waals surface area (Å²) in [6.07, 6.45) is 0.460. The van der Waals surface area contributed by atoms with Gasteiger partial charge in [-0.05, 0) is 11.1 Å². The van der Waals surface area contributed by atoms with Crippen LogP contribution in [0.2, 0.25) is 0 Å². The molecule has 0 fully saturated rings. The summed E-state index contributed by atoms with van der Waals surface area (Å²) in [5.41, 5.74) is 12.4. The Morgan fingerprint density at radius 1 is 1.12 bits per heavy atom. The highest BCUT2D eigenvalue weighted by Crippen LogP contribution is 2.04. The molecule has 0 aliphatic rings. The number of primary amides is 1. The van der Waals surface area contributed by atoms with Crippen LogP contribution in [0.25, 0.3) is 0 Å². The average molecular weight is 235 g/mol. The Bertz CT molecular complexity index is 387. The smallest absolute Gasteiger partial charge is 0.224 e. The first kappa shape index (κ1) is 13.2. The van der Waals surface area contributed by atoms with Gasteiger partial charge in [0.2, 0.25) is 11.8 Å². The molecule has 1 rings (SSSR count). The number of benzene rings is 1. The molecule has 1 aromatic carbocycles. The SMILES string of the molecule is NCc1ccc(CC(=O)NCCC(N)=O)cc1. The van der Waals surface area contributed by atoms with Gasteiger partial charge in [-0.1, -0.05) is 24.3 Å². The van der Waals surface area contributed by atoms with Crippen LogP contribution in [0.15, 0.2) is 24.3 Å². The minimum Gasteiger partial charge on any atom is -0.370 e. The summed E-state index contributed by atoms with van der Waals surface area (Å²) >= 11 is 0. The third-order valence-electron chi connectivity index (χ3n) is 2.32. The van der Waals surface area contributed by atoms with Gasteiger partial charge in [-0.2, -0.15) is 0 Å². The molecule has 5 nitrogen and oxygen atoms in total. The summed E-state index contributed by atoms with van der Waals surface area (Å²) < 4.78 is 0. The van der Waals surface area contributed by atoms with Gasteiger partial charge < -0.3 is 16.8 Å². The summed E-state index contributed by atoms with van der Waals surface area (Å²) in [4.78, 5) is 21.9. The van der Waals surface area contributed by atoms with Crippen molar-refractivity contribution in [2.45, 2.75) is 19.4 Å². The second-order valence-electron chi connectivity index (χ2n) is 3.76. The van der Waals surface area contributed by atoms with Crippen LogP contribution >= 0.6 is 0 Å². The lowest BCUT2D eigenvalue weighted by molar-refractivity contribution is -0.120. The number of nitrogens with one attached hydrogen (secondary N) is 1. The highest BCUT2D eigenvalue weighted by atomic mass is 16.2. The van der Waals surface area contributed by atoms with Gasteiger partial charge in [0.05, 0.1) is 6.42 Å². The highest BCUT2D eigenvalue weighted by Gasteiger charge is 2.03. The Balaban J connectivity index is 2.37. The molecule has 0 aliphatic heterocycles. The van der Waals surface area contributed by atoms with E-state index < -0.39 is 5.91 Å². The van der Waals surface area contributed by atoms with Crippen LogP contribution in [0, 0.1) is 0 Å². The van der Waals surface area contributed by atoms with Crippen molar-refractivity contribution in [2.75, 3.05) is 6.54 Å². The van der Waals surface area contributed by atoms with E-state index in [0.29, 0.717) is 13.0 Å². The van der Waals surface area contributed by atoms with E-state index in [1.54, 1.807) is 0 Å². The molecule has 0 heterocycles. The molecule has 17 heavy (non-hydrogen) atoms. The molecule has 5 N–H and O–H groups in total. The van der Waals surface area contributed by atoms with Gasteiger partial charge in [-0.15, -0.1) is 0 Å². The minimum atomic E-state index is -0.419. The first-order chi connectivity index (χ1) is 8.11. The van der Waals surface area contributed by atoms with E-state index in [1.807, 2.05) is 24.3 Å². The normalized spacial score (nSPS) is 9.94. The predicted molar refractivity (Wildman–Crippen MR) is 64.9 cm³/mol. The largest absolute Gasteiger partial charge is 0.370 e. The number of nitrogens with two attached hydrogens (primary N) is 2. The summed E-state index contributed by atoms with van der Waals surface area (Å²) in [6, 6.07) is 7.53. The van der Waals surface area contributed by atoms with E-state index in [9.17, 15) is 9.59 Å². The zero-order valence-electron chi connectivity index (χ0n) is 9.61. The second-order valence-corrected chi connectivity index (χ2v) is 3.76. The lowest BCUT2D eigenvalue weighted by atomic mass is 10.1. The van der Waals surface area contributed by atoms with Crippen LogP contribution in [-0.2, 0) is 22.6 Å². The standard InChI is InChI=1S/C12H17N3O2/c13-8-10-3-1-9(2-4-10)7-12(17)15-6-5-11(14)16/h1-4H,5-8,13H2,(H2,14,16)(H,15,17). The molecule has 0 atom stereocenters. The predicted octanol–water partition coefficient (Wildman–Crippen LogP) is -0.321. The molecule has 0 aromatic heterocycles. The van der Waals surface area contributed by atoms with Gasteiger partial charge >= 0.3 is 0 Å². The molecule has 92 valence electrons. The van der Waals surface area contributed by atoms with Crippen molar-refractivity contribution in [1.29, 1.82) is 0 Å². The summed E-state index contributed by atoms with van der Waals surface area (Å²) in [5, 5.41) is 2.63. The van der Waals surface area contributed by atoms with Gasteiger partial charge in [0, 0.05) is 19.5 Å². The monoisotopic (exact) mass is 235 g/mol. The molecule has 2 amide bonds. The van der Waals surface area contributed by atoms with Crippen LogP contribution < -0.4 is 16.8 Å². The zero-order valence-corrected chi connectivity index (χ0v) is 9.61. The first-order valence-corrected chi connectivity index (χ1v) is 5.44. The maximum Gasteiger partial charge on any atom is 0.224 e. The Hall–Kier alpha value is -1.88. The summed E-state index contributed by atoms with van der Waals surface area (Å²) in [6.45, 7) is 0.778.